The van der Waals surface area contributed by atoms with Crippen LogP contribution in [0, 0.1) is 3.57 Å². The standard InChI is InChI=1S/C13H15IN2O3/c1-16-6-7-19-13(18)11(16)8-12(17)15-10-4-2-9(14)3-5-10/h2-5,11H,6-8H2,1H3,(H,15,17)/t11-/m0/s1. The van der Waals surface area contributed by atoms with Gasteiger partial charge in [-0.1, -0.05) is 0 Å². The molecule has 0 radical (unpaired) electrons. The zero-order valence-electron chi connectivity index (χ0n) is 10.6. The van der Waals surface area contributed by atoms with Crippen molar-refractivity contribution in [3.63, 3.8) is 0 Å². The fourth-order valence-electron chi connectivity index (χ4n) is 1.88. The van der Waals surface area contributed by atoms with E-state index in [0.717, 1.165) is 9.26 Å². The summed E-state index contributed by atoms with van der Waals surface area (Å²) >= 11 is 2.20. The molecule has 0 aromatic heterocycles. The van der Waals surface area contributed by atoms with Crippen molar-refractivity contribution in [2.24, 2.45) is 0 Å². The number of carbonyl (C=O) groups excluding carboxylic acids is 2. The van der Waals surface area contributed by atoms with E-state index in [0.29, 0.717) is 13.2 Å². The zero-order chi connectivity index (χ0) is 13.8. The lowest BCUT2D eigenvalue weighted by Gasteiger charge is -2.30. The number of carbonyl (C=O) groups is 2. The topological polar surface area (TPSA) is 58.6 Å². The van der Waals surface area contributed by atoms with Crippen LogP contribution in [0.3, 0.4) is 0 Å². The normalized spacial score (nSPS) is 19.9. The number of nitrogens with one attached hydrogen (secondary N) is 1. The van der Waals surface area contributed by atoms with Crippen LogP contribution < -0.4 is 5.32 Å². The van der Waals surface area contributed by atoms with Crippen molar-refractivity contribution in [2.75, 3.05) is 25.5 Å². The largest absolute Gasteiger partial charge is 0.463 e. The number of amides is 1. The van der Waals surface area contributed by atoms with Crippen LogP contribution in [-0.4, -0.2) is 43.0 Å². The Kier molecular flexibility index (Phi) is 4.76. The van der Waals surface area contributed by atoms with Crippen molar-refractivity contribution >= 4 is 40.2 Å². The van der Waals surface area contributed by atoms with Crippen LogP contribution in [0.25, 0.3) is 0 Å². The highest BCUT2D eigenvalue weighted by atomic mass is 127. The van der Waals surface area contributed by atoms with Crippen molar-refractivity contribution in [3.8, 4) is 0 Å². The van der Waals surface area contributed by atoms with Crippen LogP contribution in [0.5, 0.6) is 0 Å². The molecule has 1 heterocycles. The third kappa shape index (κ3) is 3.90. The molecule has 1 N–H and O–H groups in total. The molecule has 2 rings (SSSR count). The first-order valence-electron chi connectivity index (χ1n) is 5.98. The number of morpholine rings is 1. The van der Waals surface area contributed by atoms with Gasteiger partial charge in [0.05, 0.1) is 6.42 Å². The number of likely N-dealkylation sites (N-methyl/N-ethyl adjacent to an activating group) is 1. The SMILES string of the molecule is CN1CCOC(=O)[C@@H]1CC(=O)Nc1ccc(I)cc1. The number of hydrogen-bond donors (Lipinski definition) is 1. The number of rotatable bonds is 3. The summed E-state index contributed by atoms with van der Waals surface area (Å²) < 4.78 is 6.07. The quantitative estimate of drug-likeness (QED) is 0.643. The summed E-state index contributed by atoms with van der Waals surface area (Å²) in [6.07, 6.45) is 0.112. The first-order chi connectivity index (χ1) is 9.06. The molecule has 0 unspecified atom stereocenters. The highest BCUT2D eigenvalue weighted by Gasteiger charge is 2.30. The van der Waals surface area contributed by atoms with Crippen molar-refractivity contribution < 1.29 is 14.3 Å². The number of esters is 1. The van der Waals surface area contributed by atoms with Gasteiger partial charge in [-0.3, -0.25) is 14.5 Å². The van der Waals surface area contributed by atoms with E-state index in [1.165, 1.54) is 0 Å². The summed E-state index contributed by atoms with van der Waals surface area (Å²) in [5.41, 5.74) is 0.734. The summed E-state index contributed by atoms with van der Waals surface area (Å²) in [6, 6.07) is 7.01. The Morgan fingerprint density at radius 1 is 1.47 bits per heavy atom. The Bertz CT molecular complexity index is 475. The first kappa shape index (κ1) is 14.3. The maximum atomic E-state index is 11.9. The maximum Gasteiger partial charge on any atom is 0.323 e. The van der Waals surface area contributed by atoms with Gasteiger partial charge in [0.2, 0.25) is 5.91 Å². The Morgan fingerprint density at radius 2 is 2.16 bits per heavy atom. The number of cyclic esters (lactones) is 1. The van der Waals surface area contributed by atoms with E-state index in [1.54, 1.807) is 0 Å². The summed E-state index contributed by atoms with van der Waals surface area (Å²) in [5, 5.41) is 2.78. The Hall–Kier alpha value is -1.15. The molecule has 6 heteroatoms. The molecular formula is C13H15IN2O3. The second-order valence-corrected chi connectivity index (χ2v) is 5.67. The van der Waals surface area contributed by atoms with Gasteiger partial charge in [0.15, 0.2) is 0 Å². The van der Waals surface area contributed by atoms with Crippen LogP contribution in [0.1, 0.15) is 6.42 Å². The smallest absolute Gasteiger partial charge is 0.323 e. The Morgan fingerprint density at radius 3 is 2.79 bits per heavy atom. The monoisotopic (exact) mass is 374 g/mol. The molecule has 1 amide bonds. The highest BCUT2D eigenvalue weighted by Crippen LogP contribution is 2.14. The van der Waals surface area contributed by atoms with Crippen LogP contribution in [0.15, 0.2) is 24.3 Å². The number of anilines is 1. The van der Waals surface area contributed by atoms with Gasteiger partial charge >= 0.3 is 5.97 Å². The molecular weight excluding hydrogens is 359 g/mol. The molecule has 1 saturated heterocycles. The molecule has 0 saturated carbocycles. The van der Waals surface area contributed by atoms with E-state index in [9.17, 15) is 9.59 Å². The van der Waals surface area contributed by atoms with Gasteiger partial charge in [-0.05, 0) is 53.9 Å². The Labute approximate surface area is 125 Å². The number of benzene rings is 1. The first-order valence-corrected chi connectivity index (χ1v) is 7.06. The summed E-state index contributed by atoms with van der Waals surface area (Å²) in [4.78, 5) is 25.3. The van der Waals surface area contributed by atoms with Crippen LogP contribution in [0.4, 0.5) is 5.69 Å². The van der Waals surface area contributed by atoms with Crippen molar-refractivity contribution in [2.45, 2.75) is 12.5 Å². The average molecular weight is 374 g/mol. The summed E-state index contributed by atoms with van der Waals surface area (Å²) in [6.45, 7) is 1.05. The van der Waals surface area contributed by atoms with Crippen molar-refractivity contribution in [1.82, 2.24) is 4.90 Å². The van der Waals surface area contributed by atoms with Gasteiger partial charge in [0.1, 0.15) is 12.6 Å². The number of hydrogen-bond acceptors (Lipinski definition) is 4. The second-order valence-electron chi connectivity index (χ2n) is 4.42. The fourth-order valence-corrected chi connectivity index (χ4v) is 2.24. The molecule has 5 nitrogen and oxygen atoms in total. The lowest BCUT2D eigenvalue weighted by molar-refractivity contribution is -0.157. The molecule has 1 aliphatic rings. The molecule has 1 aromatic rings. The van der Waals surface area contributed by atoms with E-state index in [1.807, 2.05) is 36.2 Å². The molecule has 1 atom stereocenters. The van der Waals surface area contributed by atoms with E-state index in [2.05, 4.69) is 27.9 Å². The number of ether oxygens (including phenoxy) is 1. The fraction of sp³-hybridized carbons (Fsp3) is 0.385. The van der Waals surface area contributed by atoms with Crippen LogP contribution in [0.2, 0.25) is 0 Å². The third-order valence-electron chi connectivity index (χ3n) is 3.00. The van der Waals surface area contributed by atoms with Crippen molar-refractivity contribution in [1.29, 1.82) is 0 Å². The van der Waals surface area contributed by atoms with Gasteiger partial charge in [-0.15, -0.1) is 0 Å². The molecule has 0 aliphatic carbocycles. The number of nitrogens with zero attached hydrogens (tertiary/aromatic N) is 1. The average Bonchev–Trinajstić information content (AvgIpc) is 2.37. The lowest BCUT2D eigenvalue weighted by atomic mass is 10.1. The molecule has 1 aromatic carbocycles. The van der Waals surface area contributed by atoms with Gasteiger partial charge in [0.25, 0.3) is 0 Å². The molecule has 0 bridgehead atoms. The van der Waals surface area contributed by atoms with Gasteiger partial charge in [0, 0.05) is 15.8 Å². The van der Waals surface area contributed by atoms with Gasteiger partial charge < -0.3 is 10.1 Å². The van der Waals surface area contributed by atoms with Crippen LogP contribution in [-0.2, 0) is 14.3 Å². The Balaban J connectivity index is 1.93. The zero-order valence-corrected chi connectivity index (χ0v) is 12.7. The summed E-state index contributed by atoms with van der Waals surface area (Å²) in [7, 11) is 1.82. The van der Waals surface area contributed by atoms with E-state index >= 15 is 0 Å². The predicted octanol–water partition coefficient (Wildman–Crippen LogP) is 1.48. The predicted molar refractivity (Wildman–Crippen MR) is 79.8 cm³/mol. The molecule has 102 valence electrons. The van der Waals surface area contributed by atoms with Gasteiger partial charge in [-0.2, -0.15) is 0 Å². The minimum atomic E-state index is -0.488. The molecule has 0 spiro atoms. The second kappa shape index (κ2) is 6.33. The molecule has 1 aliphatic heterocycles. The number of halogens is 1. The van der Waals surface area contributed by atoms with Gasteiger partial charge in [-0.25, -0.2) is 0 Å². The highest BCUT2D eigenvalue weighted by molar-refractivity contribution is 14.1. The molecule has 19 heavy (non-hydrogen) atoms. The van der Waals surface area contributed by atoms with Crippen molar-refractivity contribution in [3.05, 3.63) is 27.8 Å². The minimum absolute atomic E-state index is 0.112. The summed E-state index contributed by atoms with van der Waals surface area (Å²) in [5.74, 6) is -0.511. The van der Waals surface area contributed by atoms with E-state index in [-0.39, 0.29) is 18.3 Å². The maximum absolute atomic E-state index is 11.9. The third-order valence-corrected chi connectivity index (χ3v) is 3.72. The minimum Gasteiger partial charge on any atom is -0.463 e. The van der Waals surface area contributed by atoms with Crippen LogP contribution >= 0.6 is 22.6 Å². The van der Waals surface area contributed by atoms with E-state index < -0.39 is 6.04 Å². The lowest BCUT2D eigenvalue weighted by Crippen LogP contribution is -2.48. The molecule has 1 fully saturated rings. The van der Waals surface area contributed by atoms with E-state index in [4.69, 9.17) is 4.74 Å².